The monoisotopic (exact) mass is 337 g/mol. The van der Waals surface area contributed by atoms with Crippen molar-refractivity contribution in [1.29, 1.82) is 0 Å². The van der Waals surface area contributed by atoms with Crippen molar-refractivity contribution in [2.75, 3.05) is 20.3 Å². The van der Waals surface area contributed by atoms with Crippen molar-refractivity contribution >= 4 is 21.6 Å². The van der Waals surface area contributed by atoms with Crippen molar-refractivity contribution in [3.05, 3.63) is 28.5 Å². The van der Waals surface area contributed by atoms with Crippen LogP contribution in [0.3, 0.4) is 0 Å². The van der Waals surface area contributed by atoms with E-state index < -0.39 is 22.4 Å². The first kappa shape index (κ1) is 16.6. The highest BCUT2D eigenvalue weighted by molar-refractivity contribution is 7.89. The Morgan fingerprint density at radius 2 is 2.05 bits per heavy atom. The number of benzene rings is 1. The molecule has 5 nitrogen and oxygen atoms in total. The molecular formula is C13H17ClFNO4S. The van der Waals surface area contributed by atoms with Crippen LogP contribution in [-0.4, -0.2) is 44.1 Å². The molecule has 0 bridgehead atoms. The first-order chi connectivity index (χ1) is 9.87. The van der Waals surface area contributed by atoms with E-state index in [1.54, 1.807) is 0 Å². The Morgan fingerprint density at radius 1 is 1.43 bits per heavy atom. The summed E-state index contributed by atoms with van der Waals surface area (Å²) in [4.78, 5) is -0.206. The van der Waals surface area contributed by atoms with Gasteiger partial charge in [-0.2, -0.15) is 4.31 Å². The fraction of sp³-hybridized carbons (Fsp3) is 0.538. The molecule has 0 radical (unpaired) electrons. The standard InChI is InChI=1S/C13H17ClFNO4S/c1-16(10-2-4-20-5-3-10)21(18,19)11-6-9(8-17)13(14)12(15)7-11/h6-7,10,17H,2-5,8H2,1H3. The van der Waals surface area contributed by atoms with E-state index in [0.717, 1.165) is 6.07 Å². The molecule has 0 unspecified atom stereocenters. The van der Waals surface area contributed by atoms with Crippen LogP contribution in [0.15, 0.2) is 17.0 Å². The van der Waals surface area contributed by atoms with Crippen molar-refractivity contribution in [2.24, 2.45) is 0 Å². The maximum Gasteiger partial charge on any atom is 0.243 e. The molecule has 1 aliphatic heterocycles. The Hall–Kier alpha value is -0.730. The van der Waals surface area contributed by atoms with Crippen molar-refractivity contribution in [2.45, 2.75) is 30.4 Å². The molecule has 0 saturated carbocycles. The number of aliphatic hydroxyl groups is 1. The van der Waals surface area contributed by atoms with Crippen molar-refractivity contribution in [1.82, 2.24) is 4.31 Å². The van der Waals surface area contributed by atoms with Gasteiger partial charge in [-0.25, -0.2) is 12.8 Å². The Kier molecular flexibility index (Phi) is 5.21. The predicted molar refractivity (Wildman–Crippen MR) is 76.1 cm³/mol. The minimum atomic E-state index is -3.84. The van der Waals surface area contributed by atoms with Crippen LogP contribution in [-0.2, 0) is 21.4 Å². The molecule has 8 heteroatoms. The highest BCUT2D eigenvalue weighted by Crippen LogP contribution is 2.28. The number of nitrogens with zero attached hydrogens (tertiary/aromatic N) is 1. The van der Waals surface area contributed by atoms with Crippen LogP contribution in [0.2, 0.25) is 5.02 Å². The molecular weight excluding hydrogens is 321 g/mol. The summed E-state index contributed by atoms with van der Waals surface area (Å²) in [6.07, 6.45) is 1.19. The maximum absolute atomic E-state index is 13.7. The smallest absolute Gasteiger partial charge is 0.243 e. The molecule has 2 rings (SSSR count). The quantitative estimate of drug-likeness (QED) is 0.909. The third-order valence-electron chi connectivity index (χ3n) is 3.63. The molecule has 0 amide bonds. The van der Waals surface area contributed by atoms with Crippen LogP contribution in [0, 0.1) is 5.82 Å². The summed E-state index contributed by atoms with van der Waals surface area (Å²) in [7, 11) is -2.37. The number of halogens is 2. The molecule has 0 aliphatic carbocycles. The van der Waals surface area contributed by atoms with Gasteiger partial charge in [0, 0.05) is 31.9 Å². The van der Waals surface area contributed by atoms with Crippen LogP contribution in [0.1, 0.15) is 18.4 Å². The lowest BCUT2D eigenvalue weighted by molar-refractivity contribution is 0.0632. The highest BCUT2D eigenvalue weighted by Gasteiger charge is 2.30. The van der Waals surface area contributed by atoms with Gasteiger partial charge >= 0.3 is 0 Å². The molecule has 1 saturated heterocycles. The Morgan fingerprint density at radius 3 is 2.62 bits per heavy atom. The summed E-state index contributed by atoms with van der Waals surface area (Å²) >= 11 is 5.68. The summed E-state index contributed by atoms with van der Waals surface area (Å²) in [6.45, 7) is 0.475. The average Bonchev–Trinajstić information content (AvgIpc) is 2.49. The Labute approximate surface area is 128 Å². The lowest BCUT2D eigenvalue weighted by atomic mass is 10.1. The average molecular weight is 338 g/mol. The molecule has 1 aliphatic rings. The van der Waals surface area contributed by atoms with Gasteiger partial charge in [-0.3, -0.25) is 0 Å². The van der Waals surface area contributed by atoms with Crippen LogP contribution in [0.25, 0.3) is 0 Å². The van der Waals surface area contributed by atoms with Crippen LogP contribution < -0.4 is 0 Å². The number of hydrogen-bond acceptors (Lipinski definition) is 4. The summed E-state index contributed by atoms with van der Waals surface area (Å²) in [5.74, 6) is -0.859. The fourth-order valence-electron chi connectivity index (χ4n) is 2.29. The number of hydrogen-bond donors (Lipinski definition) is 1. The largest absolute Gasteiger partial charge is 0.392 e. The molecule has 1 fully saturated rings. The molecule has 0 atom stereocenters. The second-order valence-electron chi connectivity index (χ2n) is 4.90. The van der Waals surface area contributed by atoms with Gasteiger partial charge in [-0.15, -0.1) is 0 Å². The van der Waals surface area contributed by atoms with Crippen molar-refractivity contribution in [3.63, 3.8) is 0 Å². The normalized spacial score (nSPS) is 17.4. The maximum atomic E-state index is 13.7. The number of sulfonamides is 1. The number of aliphatic hydroxyl groups excluding tert-OH is 1. The van der Waals surface area contributed by atoms with E-state index in [4.69, 9.17) is 21.4 Å². The molecule has 0 aromatic heterocycles. The van der Waals surface area contributed by atoms with Crippen LogP contribution in [0.4, 0.5) is 4.39 Å². The SMILES string of the molecule is CN(C1CCOCC1)S(=O)(=O)c1cc(F)c(Cl)c(CO)c1. The van der Waals surface area contributed by atoms with E-state index in [0.29, 0.717) is 26.1 Å². The van der Waals surface area contributed by atoms with E-state index in [9.17, 15) is 12.8 Å². The molecule has 21 heavy (non-hydrogen) atoms. The summed E-state index contributed by atoms with van der Waals surface area (Å²) < 4.78 is 45.3. The summed E-state index contributed by atoms with van der Waals surface area (Å²) in [6, 6.07) is 1.91. The second-order valence-corrected chi connectivity index (χ2v) is 7.28. The summed E-state index contributed by atoms with van der Waals surface area (Å²) in [5.41, 5.74) is 0.0515. The third-order valence-corrected chi connectivity index (χ3v) is 5.94. The van der Waals surface area contributed by atoms with Gasteiger partial charge in [0.15, 0.2) is 0 Å². The minimum absolute atomic E-state index is 0.0515. The zero-order chi connectivity index (χ0) is 15.6. The lowest BCUT2D eigenvalue weighted by Crippen LogP contribution is -2.40. The first-order valence-electron chi connectivity index (χ1n) is 6.52. The van der Waals surface area contributed by atoms with Crippen LogP contribution >= 0.6 is 11.6 Å². The third kappa shape index (κ3) is 3.37. The van der Waals surface area contributed by atoms with E-state index in [2.05, 4.69) is 0 Å². The zero-order valence-electron chi connectivity index (χ0n) is 11.6. The minimum Gasteiger partial charge on any atom is -0.392 e. The Bertz CT molecular complexity index is 617. The van der Waals surface area contributed by atoms with Gasteiger partial charge in [0.2, 0.25) is 10.0 Å². The number of rotatable bonds is 4. The van der Waals surface area contributed by atoms with E-state index in [1.807, 2.05) is 0 Å². The second kappa shape index (κ2) is 6.58. The topological polar surface area (TPSA) is 66.8 Å². The fourth-order valence-corrected chi connectivity index (χ4v) is 3.94. The van der Waals surface area contributed by atoms with Crippen molar-refractivity contribution < 1.29 is 22.7 Å². The van der Waals surface area contributed by atoms with Gasteiger partial charge in [0.1, 0.15) is 5.82 Å². The lowest BCUT2D eigenvalue weighted by Gasteiger charge is -2.30. The number of ether oxygens (including phenoxy) is 1. The predicted octanol–water partition coefficient (Wildman–Crippen LogP) is 1.77. The molecule has 1 N–H and O–H groups in total. The summed E-state index contributed by atoms with van der Waals surface area (Å²) in [5, 5.41) is 8.89. The van der Waals surface area contributed by atoms with Gasteiger partial charge in [-0.1, -0.05) is 11.6 Å². The van der Waals surface area contributed by atoms with E-state index in [1.165, 1.54) is 17.4 Å². The first-order valence-corrected chi connectivity index (χ1v) is 8.34. The zero-order valence-corrected chi connectivity index (χ0v) is 13.1. The van der Waals surface area contributed by atoms with Crippen LogP contribution in [0.5, 0.6) is 0 Å². The van der Waals surface area contributed by atoms with E-state index in [-0.39, 0.29) is 21.5 Å². The molecule has 1 aromatic rings. The molecule has 1 heterocycles. The van der Waals surface area contributed by atoms with Gasteiger partial charge < -0.3 is 9.84 Å². The molecule has 118 valence electrons. The molecule has 0 spiro atoms. The van der Waals surface area contributed by atoms with Crippen molar-refractivity contribution in [3.8, 4) is 0 Å². The highest BCUT2D eigenvalue weighted by atomic mass is 35.5. The van der Waals surface area contributed by atoms with Gasteiger partial charge in [0.25, 0.3) is 0 Å². The molecule has 1 aromatic carbocycles. The van der Waals surface area contributed by atoms with Gasteiger partial charge in [0.05, 0.1) is 16.5 Å². The Balaban J connectivity index is 2.36. The van der Waals surface area contributed by atoms with Gasteiger partial charge in [-0.05, 0) is 25.0 Å². The van der Waals surface area contributed by atoms with E-state index >= 15 is 0 Å².